The summed E-state index contributed by atoms with van der Waals surface area (Å²) in [5, 5.41) is 2.68. The number of hydrogen-bond acceptors (Lipinski definition) is 0. The highest BCUT2D eigenvalue weighted by Gasteiger charge is 2.21. The van der Waals surface area contributed by atoms with E-state index < -0.39 is 0 Å². The molecule has 0 aliphatic heterocycles. The van der Waals surface area contributed by atoms with Gasteiger partial charge in [0.25, 0.3) is 11.0 Å². The van der Waals surface area contributed by atoms with Crippen LogP contribution in [-0.2, 0) is 14.1 Å². The van der Waals surface area contributed by atoms with Crippen molar-refractivity contribution in [2.24, 2.45) is 14.1 Å². The van der Waals surface area contributed by atoms with E-state index in [1.807, 2.05) is 0 Å². The first-order chi connectivity index (χ1) is 8.61. The van der Waals surface area contributed by atoms with Crippen LogP contribution >= 0.6 is 0 Å². The Hall–Kier alpha value is -1.96. The van der Waals surface area contributed by atoms with E-state index in [1.54, 1.807) is 0 Å². The van der Waals surface area contributed by atoms with Gasteiger partial charge in [0.2, 0.25) is 0 Å². The van der Waals surface area contributed by atoms with Crippen molar-refractivity contribution in [2.45, 2.75) is 13.8 Å². The van der Waals surface area contributed by atoms with Crippen LogP contribution < -0.4 is 9.13 Å². The van der Waals surface area contributed by atoms with Crippen molar-refractivity contribution in [1.29, 1.82) is 0 Å². The smallest absolute Gasteiger partial charge is 0.195 e. The Morgan fingerprint density at radius 2 is 1.11 bits per heavy atom. The number of pyridine rings is 2. The Labute approximate surface area is 107 Å². The molecule has 0 aliphatic carbocycles. The van der Waals surface area contributed by atoms with Crippen LogP contribution in [0.15, 0.2) is 36.7 Å². The molecule has 0 saturated heterocycles. The van der Waals surface area contributed by atoms with Crippen LogP contribution in [0.1, 0.15) is 11.1 Å². The van der Waals surface area contributed by atoms with Crippen LogP contribution in [0.5, 0.6) is 0 Å². The van der Waals surface area contributed by atoms with Crippen molar-refractivity contribution in [3.63, 3.8) is 0 Å². The van der Waals surface area contributed by atoms with Gasteiger partial charge in [0.1, 0.15) is 14.1 Å². The SMILES string of the molecule is Cc1c(C)c2ccc[n+](C)c2c2c1ccc[n+]2C. The van der Waals surface area contributed by atoms with Crippen LogP contribution in [-0.4, -0.2) is 0 Å². The van der Waals surface area contributed by atoms with Crippen LogP contribution in [0.2, 0.25) is 0 Å². The van der Waals surface area contributed by atoms with Crippen molar-refractivity contribution < 1.29 is 9.13 Å². The number of benzene rings is 1. The van der Waals surface area contributed by atoms with Gasteiger partial charge in [-0.2, -0.15) is 9.13 Å². The predicted molar refractivity (Wildman–Crippen MR) is 73.3 cm³/mol. The van der Waals surface area contributed by atoms with Gasteiger partial charge in [-0.3, -0.25) is 0 Å². The zero-order valence-corrected chi connectivity index (χ0v) is 11.4. The third-order valence-corrected chi connectivity index (χ3v) is 3.96. The first kappa shape index (κ1) is 11.1. The summed E-state index contributed by atoms with van der Waals surface area (Å²) in [5.41, 5.74) is 5.36. The zero-order valence-electron chi connectivity index (χ0n) is 11.4. The molecule has 0 fully saturated rings. The lowest BCUT2D eigenvalue weighted by Crippen LogP contribution is -2.35. The molecule has 2 nitrogen and oxygen atoms in total. The molecule has 0 unspecified atom stereocenters. The minimum absolute atomic E-state index is 1.30. The fourth-order valence-corrected chi connectivity index (χ4v) is 2.82. The zero-order chi connectivity index (χ0) is 12.9. The molecular weight excluding hydrogens is 220 g/mol. The maximum Gasteiger partial charge on any atom is 0.285 e. The number of rotatable bonds is 0. The molecule has 0 atom stereocenters. The summed E-state index contributed by atoms with van der Waals surface area (Å²) in [5.74, 6) is 0. The van der Waals surface area contributed by atoms with Gasteiger partial charge < -0.3 is 0 Å². The van der Waals surface area contributed by atoms with E-state index in [9.17, 15) is 0 Å². The fourth-order valence-electron chi connectivity index (χ4n) is 2.82. The minimum atomic E-state index is 1.30. The molecule has 0 radical (unpaired) electrons. The van der Waals surface area contributed by atoms with Gasteiger partial charge in [-0.1, -0.05) is 0 Å². The van der Waals surface area contributed by atoms with E-state index >= 15 is 0 Å². The molecule has 18 heavy (non-hydrogen) atoms. The van der Waals surface area contributed by atoms with E-state index in [2.05, 4.69) is 73.7 Å². The number of hydrogen-bond donors (Lipinski definition) is 0. The fraction of sp³-hybridized carbons (Fsp3) is 0.250. The Morgan fingerprint density at radius 3 is 1.50 bits per heavy atom. The molecule has 2 heterocycles. The molecular formula is C16H18N2+2. The third-order valence-electron chi connectivity index (χ3n) is 3.96. The quantitative estimate of drug-likeness (QED) is 0.419. The summed E-state index contributed by atoms with van der Waals surface area (Å²) in [4.78, 5) is 0. The third kappa shape index (κ3) is 1.35. The van der Waals surface area contributed by atoms with Crippen molar-refractivity contribution in [1.82, 2.24) is 0 Å². The van der Waals surface area contributed by atoms with Gasteiger partial charge in [-0.25, -0.2) is 0 Å². The molecule has 3 rings (SSSR count). The highest BCUT2D eigenvalue weighted by molar-refractivity contribution is 6.02. The second-order valence-electron chi connectivity index (χ2n) is 5.01. The summed E-state index contributed by atoms with van der Waals surface area (Å²) in [6.45, 7) is 4.42. The van der Waals surface area contributed by atoms with Gasteiger partial charge in [0.05, 0.1) is 10.8 Å². The average molecular weight is 238 g/mol. The number of fused-ring (bicyclic) bond motifs is 3. The monoisotopic (exact) mass is 238 g/mol. The first-order valence-corrected chi connectivity index (χ1v) is 6.27. The molecule has 3 aromatic rings. The lowest BCUT2D eigenvalue weighted by molar-refractivity contribution is -0.664. The summed E-state index contributed by atoms with van der Waals surface area (Å²) in [6.07, 6.45) is 4.23. The molecule has 0 N–H and O–H groups in total. The molecule has 2 heteroatoms. The van der Waals surface area contributed by atoms with Crippen molar-refractivity contribution in [3.05, 3.63) is 47.8 Å². The summed E-state index contributed by atoms with van der Waals surface area (Å²) < 4.78 is 4.42. The number of nitrogens with zero attached hydrogens (tertiary/aromatic N) is 2. The normalized spacial score (nSPS) is 11.3. The lowest BCUT2D eigenvalue weighted by Gasteiger charge is -2.07. The van der Waals surface area contributed by atoms with E-state index in [1.165, 1.54) is 32.9 Å². The Kier molecular flexibility index (Phi) is 2.34. The maximum atomic E-state index is 2.21. The Balaban J connectivity index is 2.75. The minimum Gasteiger partial charge on any atom is -0.195 e. The van der Waals surface area contributed by atoms with Crippen molar-refractivity contribution >= 4 is 21.8 Å². The summed E-state index contributed by atoms with van der Waals surface area (Å²) in [6, 6.07) is 8.65. The van der Waals surface area contributed by atoms with E-state index in [-0.39, 0.29) is 0 Å². The van der Waals surface area contributed by atoms with Crippen LogP contribution in [0.4, 0.5) is 0 Å². The van der Waals surface area contributed by atoms with Crippen molar-refractivity contribution in [3.8, 4) is 0 Å². The highest BCUT2D eigenvalue weighted by Crippen LogP contribution is 2.27. The topological polar surface area (TPSA) is 7.76 Å². The van der Waals surface area contributed by atoms with Crippen LogP contribution in [0, 0.1) is 13.8 Å². The second-order valence-corrected chi connectivity index (χ2v) is 5.01. The highest BCUT2D eigenvalue weighted by atomic mass is 15.0. The second kappa shape index (κ2) is 3.77. The van der Waals surface area contributed by atoms with Crippen LogP contribution in [0.3, 0.4) is 0 Å². The molecule has 0 amide bonds. The molecule has 0 aliphatic rings. The van der Waals surface area contributed by atoms with Crippen LogP contribution in [0.25, 0.3) is 21.8 Å². The summed E-state index contributed by atoms with van der Waals surface area (Å²) >= 11 is 0. The summed E-state index contributed by atoms with van der Waals surface area (Å²) in [7, 11) is 4.23. The molecule has 0 spiro atoms. The lowest BCUT2D eigenvalue weighted by atomic mass is 9.98. The van der Waals surface area contributed by atoms with Gasteiger partial charge >= 0.3 is 0 Å². The largest absolute Gasteiger partial charge is 0.285 e. The molecule has 2 aromatic heterocycles. The molecule has 0 bridgehead atoms. The standard InChI is InChI=1S/C16H18N2/c1-11-12(2)14-8-6-10-18(4)16(14)15-13(11)7-5-9-17(15)3/h5-10H,1-4H3/q+2. The van der Waals surface area contributed by atoms with E-state index in [4.69, 9.17) is 0 Å². The molecule has 1 aromatic carbocycles. The number of aromatic nitrogens is 2. The number of aryl methyl sites for hydroxylation is 4. The van der Waals surface area contributed by atoms with Gasteiger partial charge in [0, 0.05) is 12.1 Å². The first-order valence-electron chi connectivity index (χ1n) is 6.27. The van der Waals surface area contributed by atoms with E-state index in [0.717, 1.165) is 0 Å². The van der Waals surface area contributed by atoms with E-state index in [0.29, 0.717) is 0 Å². The van der Waals surface area contributed by atoms with Gasteiger partial charge in [-0.15, -0.1) is 0 Å². The Bertz CT molecular complexity index is 706. The average Bonchev–Trinajstić information content (AvgIpc) is 2.36. The van der Waals surface area contributed by atoms with Gasteiger partial charge in [0.15, 0.2) is 12.4 Å². The maximum absolute atomic E-state index is 2.21. The Morgan fingerprint density at radius 1 is 0.722 bits per heavy atom. The molecule has 0 saturated carbocycles. The van der Waals surface area contributed by atoms with Crippen molar-refractivity contribution in [2.75, 3.05) is 0 Å². The van der Waals surface area contributed by atoms with Gasteiger partial charge in [-0.05, 0) is 37.1 Å². The predicted octanol–water partition coefficient (Wildman–Crippen LogP) is 2.26. The molecule has 90 valence electrons.